The molecule has 0 fully saturated rings. The van der Waals surface area contributed by atoms with Crippen LogP contribution in [0.2, 0.25) is 0 Å². The largest absolute Gasteiger partial charge is 0.408 e. The van der Waals surface area contributed by atoms with E-state index in [4.69, 9.17) is 0 Å². The number of carbonyl (C=O) groups is 1. The van der Waals surface area contributed by atoms with Crippen LogP contribution in [0.1, 0.15) is 15.9 Å². The minimum atomic E-state index is -4.62. The van der Waals surface area contributed by atoms with E-state index in [2.05, 4.69) is 4.72 Å². The lowest BCUT2D eigenvalue weighted by Gasteiger charge is -2.27. The number of nitro benzene ring substituents is 1. The standard InChI is InChI=1S/C16H12F3N3O5S/c17-16(18,19)14-7-9-1-6-12(8-13(9)15(23)20-14)28(26,27)21-10-2-4-11(5-3-10)22(24)25/h1-6,8,14,21H,7H2,(H,20,23). The van der Waals surface area contributed by atoms with E-state index in [0.717, 1.165) is 30.3 Å². The van der Waals surface area contributed by atoms with Gasteiger partial charge in [-0.25, -0.2) is 8.42 Å². The van der Waals surface area contributed by atoms with Gasteiger partial charge in [0.05, 0.1) is 9.82 Å². The summed E-state index contributed by atoms with van der Waals surface area (Å²) in [6, 6.07) is 5.81. The SMILES string of the molecule is O=C1NC(C(F)(F)F)Cc2ccc(S(=O)(=O)Nc3ccc([N+](=O)[O-])cc3)cc21. The molecule has 1 aliphatic heterocycles. The van der Waals surface area contributed by atoms with Crippen molar-refractivity contribution in [3.8, 4) is 0 Å². The van der Waals surface area contributed by atoms with E-state index in [1.54, 1.807) is 0 Å². The van der Waals surface area contributed by atoms with Crippen LogP contribution in [-0.2, 0) is 16.4 Å². The Hall–Kier alpha value is -3.15. The van der Waals surface area contributed by atoms with Crippen LogP contribution in [0.3, 0.4) is 0 Å². The van der Waals surface area contributed by atoms with Crippen molar-refractivity contribution >= 4 is 27.3 Å². The van der Waals surface area contributed by atoms with Gasteiger partial charge in [-0.2, -0.15) is 13.2 Å². The first-order valence-electron chi connectivity index (χ1n) is 7.75. The summed E-state index contributed by atoms with van der Waals surface area (Å²) in [5.74, 6) is -1.02. The molecule has 8 nitrogen and oxygen atoms in total. The van der Waals surface area contributed by atoms with Gasteiger partial charge in [0, 0.05) is 29.8 Å². The molecule has 0 aliphatic carbocycles. The molecule has 1 atom stereocenters. The van der Waals surface area contributed by atoms with Crippen molar-refractivity contribution in [2.45, 2.75) is 23.5 Å². The van der Waals surface area contributed by atoms with Crippen LogP contribution < -0.4 is 10.0 Å². The summed E-state index contributed by atoms with van der Waals surface area (Å²) in [6.07, 6.45) is -5.11. The van der Waals surface area contributed by atoms with E-state index in [9.17, 15) is 36.5 Å². The maximum atomic E-state index is 12.8. The molecule has 2 aromatic rings. The number of nitrogens with zero attached hydrogens (tertiary/aromatic N) is 1. The molecule has 0 aromatic heterocycles. The van der Waals surface area contributed by atoms with Crippen molar-refractivity contribution in [2.75, 3.05) is 4.72 Å². The predicted molar refractivity (Wildman–Crippen MR) is 91.4 cm³/mol. The molecule has 28 heavy (non-hydrogen) atoms. The lowest BCUT2D eigenvalue weighted by atomic mass is 9.95. The number of carbonyl (C=O) groups excluding carboxylic acids is 1. The highest BCUT2D eigenvalue weighted by molar-refractivity contribution is 7.92. The zero-order chi connectivity index (χ0) is 20.7. The molecule has 148 valence electrons. The molecule has 0 spiro atoms. The van der Waals surface area contributed by atoms with Crippen molar-refractivity contribution in [3.63, 3.8) is 0 Å². The van der Waals surface area contributed by atoms with Crippen LogP contribution >= 0.6 is 0 Å². The Balaban J connectivity index is 1.87. The average molecular weight is 415 g/mol. The monoisotopic (exact) mass is 415 g/mol. The number of non-ortho nitro benzene ring substituents is 1. The molecule has 1 amide bonds. The number of nitrogens with one attached hydrogen (secondary N) is 2. The third-order valence-corrected chi connectivity index (χ3v) is 5.47. The fourth-order valence-electron chi connectivity index (χ4n) is 2.68. The van der Waals surface area contributed by atoms with Gasteiger partial charge in [0.15, 0.2) is 0 Å². The first-order chi connectivity index (χ1) is 13.0. The van der Waals surface area contributed by atoms with E-state index in [-0.39, 0.29) is 27.4 Å². The third kappa shape index (κ3) is 3.91. The molecular formula is C16H12F3N3O5S. The number of rotatable bonds is 4. The quantitative estimate of drug-likeness (QED) is 0.588. The Morgan fingerprint density at radius 3 is 2.36 bits per heavy atom. The highest BCUT2D eigenvalue weighted by Crippen LogP contribution is 2.29. The summed E-state index contributed by atoms with van der Waals surface area (Å²) in [4.78, 5) is 21.6. The zero-order valence-corrected chi connectivity index (χ0v) is 14.7. The molecule has 0 bridgehead atoms. The average Bonchev–Trinajstić information content (AvgIpc) is 2.60. The number of sulfonamides is 1. The number of hydrogen-bond acceptors (Lipinski definition) is 5. The Labute approximate surface area is 156 Å². The van der Waals surface area contributed by atoms with Crippen molar-refractivity contribution < 1.29 is 31.3 Å². The van der Waals surface area contributed by atoms with E-state index >= 15 is 0 Å². The molecule has 1 unspecified atom stereocenters. The van der Waals surface area contributed by atoms with E-state index in [1.165, 1.54) is 12.1 Å². The number of benzene rings is 2. The van der Waals surface area contributed by atoms with Gasteiger partial charge < -0.3 is 5.32 Å². The Morgan fingerprint density at radius 2 is 1.79 bits per heavy atom. The first kappa shape index (κ1) is 19.6. The zero-order valence-electron chi connectivity index (χ0n) is 13.9. The molecular weight excluding hydrogens is 403 g/mol. The van der Waals surface area contributed by atoms with Gasteiger partial charge >= 0.3 is 6.18 Å². The Bertz CT molecular complexity index is 1050. The molecule has 1 heterocycles. The lowest BCUT2D eigenvalue weighted by molar-refractivity contribution is -0.384. The number of hydrogen-bond donors (Lipinski definition) is 2. The molecule has 0 saturated carbocycles. The van der Waals surface area contributed by atoms with Gasteiger partial charge in [-0.05, 0) is 29.8 Å². The minimum absolute atomic E-state index is 0.0462. The van der Waals surface area contributed by atoms with Crippen molar-refractivity contribution in [1.29, 1.82) is 0 Å². The van der Waals surface area contributed by atoms with Crippen LogP contribution in [0, 0.1) is 10.1 Å². The van der Waals surface area contributed by atoms with Gasteiger partial charge in [-0.1, -0.05) is 6.07 Å². The summed E-state index contributed by atoms with van der Waals surface area (Å²) < 4.78 is 65.7. The number of amides is 1. The lowest BCUT2D eigenvalue weighted by Crippen LogP contribution is -2.50. The van der Waals surface area contributed by atoms with Crippen LogP contribution in [0.5, 0.6) is 0 Å². The van der Waals surface area contributed by atoms with Gasteiger partial charge in [0.1, 0.15) is 6.04 Å². The second-order valence-corrected chi connectivity index (χ2v) is 7.68. The molecule has 12 heteroatoms. The summed E-state index contributed by atoms with van der Waals surface area (Å²) in [5, 5.41) is 12.4. The number of nitro groups is 1. The van der Waals surface area contributed by atoms with E-state index in [0.29, 0.717) is 0 Å². The maximum Gasteiger partial charge on any atom is 0.408 e. The summed E-state index contributed by atoms with van der Waals surface area (Å²) >= 11 is 0. The van der Waals surface area contributed by atoms with Crippen LogP contribution in [0.15, 0.2) is 47.4 Å². The van der Waals surface area contributed by atoms with Gasteiger partial charge in [0.25, 0.3) is 21.6 Å². The fraction of sp³-hybridized carbons (Fsp3) is 0.188. The fourth-order valence-corrected chi connectivity index (χ4v) is 3.77. The topological polar surface area (TPSA) is 118 Å². The van der Waals surface area contributed by atoms with Crippen molar-refractivity contribution in [3.05, 3.63) is 63.7 Å². The summed E-state index contributed by atoms with van der Waals surface area (Å²) in [7, 11) is -4.17. The number of halogens is 3. The molecule has 3 rings (SSSR count). The van der Waals surface area contributed by atoms with Crippen LogP contribution in [-0.4, -0.2) is 31.5 Å². The van der Waals surface area contributed by atoms with Crippen LogP contribution in [0.4, 0.5) is 24.5 Å². The highest BCUT2D eigenvalue weighted by Gasteiger charge is 2.43. The normalized spacial score (nSPS) is 16.8. The van der Waals surface area contributed by atoms with Gasteiger partial charge in [-0.15, -0.1) is 0 Å². The smallest absolute Gasteiger partial charge is 0.340 e. The Kier molecular flexibility index (Phi) is 4.75. The number of alkyl halides is 3. The second kappa shape index (κ2) is 6.78. The van der Waals surface area contributed by atoms with Crippen molar-refractivity contribution in [1.82, 2.24) is 5.32 Å². The maximum absolute atomic E-state index is 12.8. The predicted octanol–water partition coefficient (Wildman–Crippen LogP) is 2.61. The van der Waals surface area contributed by atoms with Gasteiger partial charge in [0.2, 0.25) is 0 Å². The van der Waals surface area contributed by atoms with Crippen LogP contribution in [0.25, 0.3) is 0 Å². The molecule has 0 saturated heterocycles. The van der Waals surface area contributed by atoms with E-state index < -0.39 is 39.5 Å². The number of anilines is 1. The molecule has 2 N–H and O–H groups in total. The second-order valence-electron chi connectivity index (χ2n) is 6.00. The summed E-state index contributed by atoms with van der Waals surface area (Å²) in [5.41, 5.74) is -0.259. The molecule has 2 aromatic carbocycles. The highest BCUT2D eigenvalue weighted by atomic mass is 32.2. The Morgan fingerprint density at radius 1 is 1.14 bits per heavy atom. The minimum Gasteiger partial charge on any atom is -0.340 e. The molecule has 1 aliphatic rings. The van der Waals surface area contributed by atoms with Crippen molar-refractivity contribution in [2.24, 2.45) is 0 Å². The third-order valence-electron chi connectivity index (χ3n) is 4.09. The first-order valence-corrected chi connectivity index (χ1v) is 9.23. The van der Waals surface area contributed by atoms with Gasteiger partial charge in [-0.3, -0.25) is 19.6 Å². The number of fused-ring (bicyclic) bond motifs is 1. The van der Waals surface area contributed by atoms with E-state index in [1.807, 2.05) is 5.32 Å². The summed E-state index contributed by atoms with van der Waals surface area (Å²) in [6.45, 7) is 0. The molecule has 0 radical (unpaired) electrons.